The van der Waals surface area contributed by atoms with Crippen LogP contribution in [0.3, 0.4) is 0 Å². The molecule has 6 nitrogen and oxygen atoms in total. The number of carbonyl (C=O) groups is 1. The van der Waals surface area contributed by atoms with Gasteiger partial charge in [-0.05, 0) is 0 Å². The van der Waals surface area contributed by atoms with Gasteiger partial charge in [-0.25, -0.2) is 4.79 Å². The predicted molar refractivity (Wildman–Crippen MR) is 47.0 cm³/mol. The zero-order valence-corrected chi connectivity index (χ0v) is 7.95. The lowest BCUT2D eigenvalue weighted by Crippen LogP contribution is -2.19. The molecule has 0 atom stereocenters. The van der Waals surface area contributed by atoms with Crippen LogP contribution in [0.25, 0.3) is 0 Å². The van der Waals surface area contributed by atoms with E-state index in [1.54, 1.807) is 0 Å². The molecule has 9 heteroatoms. The molecule has 0 aliphatic carbocycles. The van der Waals surface area contributed by atoms with E-state index >= 15 is 0 Å². The number of aromatic nitrogens is 1. The fourth-order valence-electron chi connectivity index (χ4n) is 0.998. The summed E-state index contributed by atoms with van der Waals surface area (Å²) in [5.74, 6) is -3.29. The quantitative estimate of drug-likeness (QED) is 0.810. The van der Waals surface area contributed by atoms with Gasteiger partial charge < -0.3 is 15.6 Å². The van der Waals surface area contributed by atoms with Crippen LogP contribution in [-0.4, -0.2) is 22.4 Å². The molecule has 1 aromatic rings. The number of anilines is 1. The molecule has 0 saturated carbocycles. The normalized spacial score (nSPS) is 10.7. The van der Waals surface area contributed by atoms with E-state index in [0.29, 0.717) is 6.07 Å². The number of carboxylic acids is 1. The Morgan fingerprint density at radius 2 is 2.18 bits per heavy atom. The van der Waals surface area contributed by atoms with E-state index < -0.39 is 35.2 Å². The lowest BCUT2D eigenvalue weighted by Gasteiger charge is -2.10. The molecule has 0 radical (unpaired) electrons. The van der Waals surface area contributed by atoms with Gasteiger partial charge in [0, 0.05) is 6.07 Å². The van der Waals surface area contributed by atoms with Crippen molar-refractivity contribution >= 4 is 11.8 Å². The first-order valence-electron chi connectivity index (χ1n) is 3.94. The number of nitrogens with zero attached hydrogens (tertiary/aromatic N) is 2. The average molecular weight is 247 g/mol. The number of alkyl halides is 3. The van der Waals surface area contributed by atoms with E-state index in [9.17, 15) is 18.0 Å². The van der Waals surface area contributed by atoms with Crippen molar-refractivity contribution in [2.75, 3.05) is 5.73 Å². The number of halogens is 3. The molecule has 90 valence electrons. The van der Waals surface area contributed by atoms with Crippen LogP contribution < -0.4 is 10.5 Å². The van der Waals surface area contributed by atoms with Crippen LogP contribution in [-0.2, 0) is 0 Å². The largest absolute Gasteiger partial charge is 0.574 e. The second-order valence-corrected chi connectivity index (χ2v) is 2.73. The summed E-state index contributed by atoms with van der Waals surface area (Å²) in [5, 5.41) is 17.2. The molecule has 1 heterocycles. The van der Waals surface area contributed by atoms with E-state index in [1.165, 1.54) is 6.07 Å². The highest BCUT2D eigenvalue weighted by Crippen LogP contribution is 2.25. The first-order chi connectivity index (χ1) is 7.74. The van der Waals surface area contributed by atoms with Crippen LogP contribution >= 0.6 is 0 Å². The highest BCUT2D eigenvalue weighted by atomic mass is 19.4. The third kappa shape index (κ3) is 2.97. The van der Waals surface area contributed by atoms with E-state index in [-0.39, 0.29) is 0 Å². The first kappa shape index (κ1) is 12.6. The summed E-state index contributed by atoms with van der Waals surface area (Å²) >= 11 is 0. The van der Waals surface area contributed by atoms with Gasteiger partial charge >= 0.3 is 12.3 Å². The van der Waals surface area contributed by atoms with Crippen LogP contribution in [0.4, 0.5) is 19.0 Å². The summed E-state index contributed by atoms with van der Waals surface area (Å²) in [4.78, 5) is 13.8. The fraction of sp³-hybridized carbons (Fsp3) is 0.125. The number of aromatic carboxylic acids is 1. The van der Waals surface area contributed by atoms with E-state index in [4.69, 9.17) is 16.1 Å². The molecule has 0 spiro atoms. The third-order valence-electron chi connectivity index (χ3n) is 1.59. The summed E-state index contributed by atoms with van der Waals surface area (Å²) in [6.45, 7) is 0. The molecule has 0 unspecified atom stereocenters. The SMILES string of the molecule is N#Cc1c(C(=O)O)cc(OC(F)(F)F)nc1N. The molecule has 0 saturated heterocycles. The molecule has 0 amide bonds. The molecule has 1 rings (SSSR count). The Bertz CT molecular complexity index is 507. The number of ether oxygens (including phenoxy) is 1. The van der Waals surface area contributed by atoms with E-state index in [0.717, 1.165) is 0 Å². The van der Waals surface area contributed by atoms with Crippen molar-refractivity contribution in [2.24, 2.45) is 0 Å². The molecule has 0 aromatic carbocycles. The van der Waals surface area contributed by atoms with Gasteiger partial charge in [0.15, 0.2) is 0 Å². The van der Waals surface area contributed by atoms with Crippen molar-refractivity contribution < 1.29 is 27.8 Å². The first-order valence-corrected chi connectivity index (χ1v) is 3.94. The van der Waals surface area contributed by atoms with Gasteiger partial charge in [-0.2, -0.15) is 10.2 Å². The zero-order valence-electron chi connectivity index (χ0n) is 7.95. The van der Waals surface area contributed by atoms with Crippen LogP contribution in [0.5, 0.6) is 5.88 Å². The van der Waals surface area contributed by atoms with Crippen molar-refractivity contribution in [1.29, 1.82) is 5.26 Å². The molecule has 17 heavy (non-hydrogen) atoms. The highest BCUT2D eigenvalue weighted by molar-refractivity contribution is 5.92. The average Bonchev–Trinajstić information content (AvgIpc) is 2.13. The molecule has 1 aromatic heterocycles. The minimum absolute atomic E-state index is 0.477. The number of nitrogens with two attached hydrogens (primary N) is 1. The number of hydrogen-bond acceptors (Lipinski definition) is 5. The Morgan fingerprint density at radius 1 is 1.59 bits per heavy atom. The van der Waals surface area contributed by atoms with Gasteiger partial charge in [0.05, 0.1) is 5.56 Å². The van der Waals surface area contributed by atoms with Gasteiger partial charge in [-0.1, -0.05) is 0 Å². The van der Waals surface area contributed by atoms with Gasteiger partial charge in [0.25, 0.3) is 0 Å². The maximum atomic E-state index is 11.9. The van der Waals surface area contributed by atoms with E-state index in [1.807, 2.05) is 0 Å². The number of rotatable bonds is 2. The Hall–Kier alpha value is -2.50. The summed E-state index contributed by atoms with van der Waals surface area (Å²) in [6.07, 6.45) is -5.02. The number of carboxylic acid groups (broad SMARTS) is 1. The second-order valence-electron chi connectivity index (χ2n) is 2.73. The van der Waals surface area contributed by atoms with E-state index in [2.05, 4.69) is 9.72 Å². The monoisotopic (exact) mass is 247 g/mol. The van der Waals surface area contributed by atoms with Gasteiger partial charge in [0.2, 0.25) is 5.88 Å². The van der Waals surface area contributed by atoms with Crippen molar-refractivity contribution in [2.45, 2.75) is 6.36 Å². The summed E-state index contributed by atoms with van der Waals surface area (Å²) in [5.41, 5.74) is 3.91. The Morgan fingerprint density at radius 3 is 2.59 bits per heavy atom. The Kier molecular flexibility index (Phi) is 3.08. The Labute approximate surface area is 92.0 Å². The maximum Gasteiger partial charge on any atom is 0.574 e. The number of pyridine rings is 1. The minimum Gasteiger partial charge on any atom is -0.478 e. The molecule has 3 N–H and O–H groups in total. The molecule has 0 bridgehead atoms. The summed E-state index contributed by atoms with van der Waals surface area (Å²) in [7, 11) is 0. The number of nitrogen functional groups attached to an aromatic ring is 1. The van der Waals surface area contributed by atoms with Crippen molar-refractivity contribution in [3.05, 3.63) is 17.2 Å². The van der Waals surface area contributed by atoms with Crippen LogP contribution in [0, 0.1) is 11.3 Å². The number of hydrogen-bond donors (Lipinski definition) is 2. The van der Waals surface area contributed by atoms with Crippen LogP contribution in [0.2, 0.25) is 0 Å². The molecular formula is C8H4F3N3O3. The highest BCUT2D eigenvalue weighted by Gasteiger charge is 2.32. The smallest absolute Gasteiger partial charge is 0.478 e. The lowest BCUT2D eigenvalue weighted by molar-refractivity contribution is -0.276. The minimum atomic E-state index is -5.02. The Balaban J connectivity index is 3.31. The summed E-state index contributed by atoms with van der Waals surface area (Å²) in [6, 6.07) is 1.91. The standard InChI is InChI=1S/C8H4F3N3O3/c9-8(10,11)17-5-1-3(7(15)16)4(2-12)6(13)14-5/h1H,(H2,13,14)(H,15,16). The van der Waals surface area contributed by atoms with Crippen molar-refractivity contribution in [1.82, 2.24) is 4.98 Å². The van der Waals surface area contributed by atoms with Crippen molar-refractivity contribution in [3.8, 4) is 11.9 Å². The molecule has 0 fully saturated rings. The maximum absolute atomic E-state index is 11.9. The van der Waals surface area contributed by atoms with Gasteiger partial charge in [-0.15, -0.1) is 13.2 Å². The van der Waals surface area contributed by atoms with Gasteiger partial charge in [-0.3, -0.25) is 0 Å². The molecule has 0 aliphatic heterocycles. The van der Waals surface area contributed by atoms with Crippen LogP contribution in [0.1, 0.15) is 15.9 Å². The van der Waals surface area contributed by atoms with Crippen molar-refractivity contribution in [3.63, 3.8) is 0 Å². The van der Waals surface area contributed by atoms with Gasteiger partial charge in [0.1, 0.15) is 17.5 Å². The zero-order chi connectivity index (χ0) is 13.2. The molecule has 0 aliphatic rings. The molecular weight excluding hydrogens is 243 g/mol. The summed E-state index contributed by atoms with van der Waals surface area (Å²) < 4.78 is 39.0. The topological polar surface area (TPSA) is 109 Å². The number of nitriles is 1. The lowest BCUT2D eigenvalue weighted by atomic mass is 10.1. The fourth-order valence-corrected chi connectivity index (χ4v) is 0.998. The second kappa shape index (κ2) is 4.17. The predicted octanol–water partition coefficient (Wildman–Crippen LogP) is 1.13. The third-order valence-corrected chi connectivity index (χ3v) is 1.59. The van der Waals surface area contributed by atoms with Crippen LogP contribution in [0.15, 0.2) is 6.07 Å².